The Kier molecular flexibility index (Phi) is 7.48. The number of H-pyrrole nitrogens is 2. The second kappa shape index (κ2) is 10.3. The topological polar surface area (TPSA) is 92.0 Å². The van der Waals surface area contributed by atoms with Crippen LogP contribution in [0.3, 0.4) is 0 Å². The van der Waals surface area contributed by atoms with Gasteiger partial charge in [0.05, 0.1) is 24.4 Å². The summed E-state index contributed by atoms with van der Waals surface area (Å²) in [5, 5.41) is 0. The molecule has 2 aromatic heterocycles. The number of aromatic nitrogens is 2. The minimum Gasteiger partial charge on any atom is -0.496 e. The molecule has 6 heteroatoms. The molecule has 0 aliphatic heterocycles. The van der Waals surface area contributed by atoms with Crippen LogP contribution >= 0.6 is 0 Å². The summed E-state index contributed by atoms with van der Waals surface area (Å²) in [4.78, 5) is 41.1. The molecule has 6 nitrogen and oxygen atoms in total. The van der Waals surface area contributed by atoms with Crippen LogP contribution in [0, 0.1) is 13.8 Å². The molecule has 0 amide bonds. The van der Waals surface area contributed by atoms with E-state index in [-0.39, 0.29) is 5.92 Å². The Morgan fingerprint density at radius 1 is 0.879 bits per heavy atom. The third kappa shape index (κ3) is 4.33. The molecule has 0 aliphatic rings. The molecule has 0 aliphatic carbocycles. The van der Waals surface area contributed by atoms with Crippen LogP contribution in [0.15, 0.2) is 30.3 Å². The predicted octanol–water partition coefficient (Wildman–Crippen LogP) is 5.08. The third-order valence-corrected chi connectivity index (χ3v) is 6.39. The molecule has 0 unspecified atom stereocenters. The van der Waals surface area contributed by atoms with Gasteiger partial charge in [0.25, 0.3) is 0 Å². The van der Waals surface area contributed by atoms with Gasteiger partial charge in [0, 0.05) is 23.0 Å². The molecule has 3 aromatic rings. The van der Waals surface area contributed by atoms with Gasteiger partial charge >= 0.3 is 0 Å². The van der Waals surface area contributed by atoms with Gasteiger partial charge in [0.15, 0.2) is 12.6 Å². The number of rotatable bonds is 10. The lowest BCUT2D eigenvalue weighted by atomic mass is 9.86. The Morgan fingerprint density at radius 2 is 1.36 bits per heavy atom. The van der Waals surface area contributed by atoms with Crippen LogP contribution in [0.5, 0.6) is 0 Å². The highest BCUT2D eigenvalue weighted by Crippen LogP contribution is 2.38. The summed E-state index contributed by atoms with van der Waals surface area (Å²) in [6.45, 7) is 8.05. The van der Waals surface area contributed by atoms with E-state index in [2.05, 4.69) is 23.8 Å². The fourth-order valence-electron chi connectivity index (χ4n) is 4.66. The second-order valence-electron chi connectivity index (χ2n) is 7.98. The molecule has 0 atom stereocenters. The quantitative estimate of drug-likeness (QED) is 0.258. The van der Waals surface area contributed by atoms with E-state index in [4.69, 9.17) is 4.74 Å². The molecule has 0 saturated heterocycles. The summed E-state index contributed by atoms with van der Waals surface area (Å²) < 4.78 is 5.33. The molecule has 1 aromatic carbocycles. The number of ether oxygens (including phenoxy) is 1. The van der Waals surface area contributed by atoms with Crippen LogP contribution in [-0.2, 0) is 22.4 Å². The van der Waals surface area contributed by atoms with E-state index >= 15 is 0 Å². The SMILES string of the molecule is CCc1c(C(c2ccc(/C(=C/C=O)OC)cc2)c2[nH]c(C=O)c(C)c2CC)[nH]c(C=O)c1C. The summed E-state index contributed by atoms with van der Waals surface area (Å²) >= 11 is 0. The molecular formula is C27H30N2O4. The van der Waals surface area contributed by atoms with Gasteiger partial charge < -0.3 is 14.7 Å². The normalized spacial score (nSPS) is 11.6. The van der Waals surface area contributed by atoms with E-state index in [1.54, 1.807) is 0 Å². The van der Waals surface area contributed by atoms with Crippen molar-refractivity contribution in [2.45, 2.75) is 46.5 Å². The van der Waals surface area contributed by atoms with E-state index in [9.17, 15) is 14.4 Å². The number of allylic oxidation sites excluding steroid dienone is 1. The summed E-state index contributed by atoms with van der Waals surface area (Å²) in [7, 11) is 1.53. The smallest absolute Gasteiger partial charge is 0.166 e. The molecule has 172 valence electrons. The van der Waals surface area contributed by atoms with Crippen molar-refractivity contribution >= 4 is 24.6 Å². The standard InChI is InChI=1S/C27H30N2O4/c1-6-20-16(3)22(14-31)28-26(20)25(27-21(7-2)17(4)23(15-32)29-27)19-10-8-18(9-11-19)24(33-5)12-13-30/h8-15,25,28-29H,6-7H2,1-5H3/b24-12-. The maximum Gasteiger partial charge on any atom is 0.166 e. The van der Waals surface area contributed by atoms with Crippen LogP contribution < -0.4 is 0 Å². The van der Waals surface area contributed by atoms with Crippen LogP contribution in [0.25, 0.3) is 5.76 Å². The van der Waals surface area contributed by atoms with Gasteiger partial charge in [-0.25, -0.2) is 0 Å². The number of hydrogen-bond donors (Lipinski definition) is 2. The predicted molar refractivity (Wildman–Crippen MR) is 129 cm³/mol. The number of aromatic amines is 2. The van der Waals surface area contributed by atoms with Crippen molar-refractivity contribution in [3.63, 3.8) is 0 Å². The molecule has 2 N–H and O–H groups in total. The summed E-state index contributed by atoms with van der Waals surface area (Å²) in [5.74, 6) is 0.249. The van der Waals surface area contributed by atoms with Crippen molar-refractivity contribution in [3.8, 4) is 0 Å². The highest BCUT2D eigenvalue weighted by atomic mass is 16.5. The lowest BCUT2D eigenvalue weighted by Gasteiger charge is -2.20. The van der Waals surface area contributed by atoms with Crippen molar-refractivity contribution < 1.29 is 19.1 Å². The van der Waals surface area contributed by atoms with Gasteiger partial charge in [-0.15, -0.1) is 0 Å². The summed E-state index contributed by atoms with van der Waals surface area (Å²) in [6, 6.07) is 7.80. The number of carbonyl (C=O) groups is 3. The van der Waals surface area contributed by atoms with E-state index in [1.165, 1.54) is 13.2 Å². The van der Waals surface area contributed by atoms with Gasteiger partial charge in [0.2, 0.25) is 0 Å². The fourth-order valence-corrected chi connectivity index (χ4v) is 4.66. The molecule has 0 radical (unpaired) electrons. The van der Waals surface area contributed by atoms with Crippen LogP contribution in [-0.4, -0.2) is 35.9 Å². The number of carbonyl (C=O) groups excluding carboxylic acids is 3. The average molecular weight is 447 g/mol. The van der Waals surface area contributed by atoms with Gasteiger partial charge in [0.1, 0.15) is 12.0 Å². The van der Waals surface area contributed by atoms with E-state index < -0.39 is 0 Å². The van der Waals surface area contributed by atoms with Crippen LogP contribution in [0.1, 0.15) is 85.5 Å². The zero-order chi connectivity index (χ0) is 24.1. The fraction of sp³-hybridized carbons (Fsp3) is 0.296. The number of nitrogens with one attached hydrogen (secondary N) is 2. The van der Waals surface area contributed by atoms with Gasteiger partial charge in [-0.2, -0.15) is 0 Å². The van der Waals surface area contributed by atoms with Crippen molar-refractivity contribution in [2.75, 3.05) is 7.11 Å². The number of methoxy groups -OCH3 is 1. The Morgan fingerprint density at radius 3 is 1.73 bits per heavy atom. The molecule has 0 fully saturated rings. The Balaban J connectivity index is 2.28. The monoisotopic (exact) mass is 446 g/mol. The molecule has 0 spiro atoms. The minimum atomic E-state index is -0.232. The van der Waals surface area contributed by atoms with Crippen LogP contribution in [0.4, 0.5) is 0 Å². The zero-order valence-electron chi connectivity index (χ0n) is 19.7. The lowest BCUT2D eigenvalue weighted by Crippen LogP contribution is -2.10. The highest BCUT2D eigenvalue weighted by Gasteiger charge is 2.28. The van der Waals surface area contributed by atoms with Crippen molar-refractivity contribution in [3.05, 3.63) is 86.5 Å². The van der Waals surface area contributed by atoms with E-state index in [0.29, 0.717) is 23.4 Å². The van der Waals surface area contributed by atoms with Gasteiger partial charge in [-0.3, -0.25) is 14.4 Å². The zero-order valence-corrected chi connectivity index (χ0v) is 19.7. The second-order valence-corrected chi connectivity index (χ2v) is 7.98. The average Bonchev–Trinajstić information content (AvgIpc) is 3.33. The first kappa shape index (κ1) is 24.0. The Hall–Kier alpha value is -3.67. The lowest BCUT2D eigenvalue weighted by molar-refractivity contribution is -0.104. The van der Waals surface area contributed by atoms with Crippen LogP contribution in [0.2, 0.25) is 0 Å². The first-order valence-corrected chi connectivity index (χ1v) is 11.1. The number of benzene rings is 1. The van der Waals surface area contributed by atoms with Crippen molar-refractivity contribution in [2.24, 2.45) is 0 Å². The molecule has 2 heterocycles. The number of hydrogen-bond acceptors (Lipinski definition) is 4. The molecule has 0 saturated carbocycles. The number of aldehydes is 3. The largest absolute Gasteiger partial charge is 0.496 e. The first-order chi connectivity index (χ1) is 15.9. The van der Waals surface area contributed by atoms with Crippen molar-refractivity contribution in [1.82, 2.24) is 9.97 Å². The van der Waals surface area contributed by atoms with E-state index in [0.717, 1.165) is 70.2 Å². The summed E-state index contributed by atoms with van der Waals surface area (Å²) in [6.07, 6.45) is 5.30. The minimum absolute atomic E-state index is 0.232. The van der Waals surface area contributed by atoms with Crippen molar-refractivity contribution in [1.29, 1.82) is 0 Å². The maximum atomic E-state index is 11.7. The molecule has 0 bridgehead atoms. The van der Waals surface area contributed by atoms with Gasteiger partial charge in [-0.1, -0.05) is 38.1 Å². The van der Waals surface area contributed by atoms with Gasteiger partial charge in [-0.05, 0) is 54.5 Å². The first-order valence-electron chi connectivity index (χ1n) is 11.1. The highest BCUT2D eigenvalue weighted by molar-refractivity contribution is 5.79. The Labute approximate surface area is 194 Å². The molecule has 33 heavy (non-hydrogen) atoms. The molecular weight excluding hydrogens is 416 g/mol. The maximum absolute atomic E-state index is 11.7. The Bertz CT molecular complexity index is 1140. The van der Waals surface area contributed by atoms with E-state index in [1.807, 2.05) is 38.1 Å². The summed E-state index contributed by atoms with van der Waals surface area (Å²) in [5.41, 5.74) is 8.84. The third-order valence-electron chi connectivity index (χ3n) is 6.39. The molecule has 3 rings (SSSR count).